The fourth-order valence-electron chi connectivity index (χ4n) is 1.31. The Morgan fingerprint density at radius 3 is 2.67 bits per heavy atom. The molecule has 0 unspecified atom stereocenters. The molecule has 64 valence electrons. The Morgan fingerprint density at radius 1 is 1.42 bits per heavy atom. The number of benzene rings is 1. The van der Waals surface area contributed by atoms with Gasteiger partial charge in [0.25, 0.3) is 0 Å². The molecule has 0 aromatic heterocycles. The van der Waals surface area contributed by atoms with E-state index in [1.165, 1.54) is 6.07 Å². The van der Waals surface area contributed by atoms with Gasteiger partial charge in [-0.2, -0.15) is 0 Å². The molecule has 12 heavy (non-hydrogen) atoms. The minimum Gasteiger partial charge on any atom is -0.505 e. The van der Waals surface area contributed by atoms with Crippen LogP contribution in [-0.4, -0.2) is 5.11 Å². The lowest BCUT2D eigenvalue weighted by Crippen LogP contribution is -2.20. The van der Waals surface area contributed by atoms with Crippen molar-refractivity contribution in [1.29, 1.82) is 0 Å². The number of halogens is 1. The second kappa shape index (κ2) is 2.20. The first kappa shape index (κ1) is 7.55. The van der Waals surface area contributed by atoms with E-state index < -0.39 is 11.4 Å². The number of rotatable bonds is 1. The predicted molar refractivity (Wildman–Crippen MR) is 43.2 cm³/mol. The Hall–Kier alpha value is -1.09. The van der Waals surface area contributed by atoms with Gasteiger partial charge in [0.2, 0.25) is 0 Å². The van der Waals surface area contributed by atoms with Crippen molar-refractivity contribution < 1.29 is 9.50 Å². The average Bonchev–Trinajstić information content (AvgIpc) is 2.75. The third kappa shape index (κ3) is 0.975. The van der Waals surface area contributed by atoms with Crippen LogP contribution < -0.4 is 5.73 Å². The number of nitrogens with two attached hydrogens (primary N) is 1. The van der Waals surface area contributed by atoms with E-state index in [-0.39, 0.29) is 5.75 Å². The molecule has 0 heterocycles. The molecule has 3 N–H and O–H groups in total. The molecule has 0 aliphatic heterocycles. The molecule has 0 bridgehead atoms. The summed E-state index contributed by atoms with van der Waals surface area (Å²) in [7, 11) is 0. The summed E-state index contributed by atoms with van der Waals surface area (Å²) >= 11 is 0. The van der Waals surface area contributed by atoms with E-state index in [1.54, 1.807) is 12.1 Å². The van der Waals surface area contributed by atoms with Crippen molar-refractivity contribution >= 4 is 0 Å². The molecule has 0 radical (unpaired) electrons. The van der Waals surface area contributed by atoms with Gasteiger partial charge < -0.3 is 10.8 Å². The third-order valence-electron chi connectivity index (χ3n) is 2.30. The highest BCUT2D eigenvalue weighted by Crippen LogP contribution is 2.44. The van der Waals surface area contributed by atoms with Gasteiger partial charge in [-0.15, -0.1) is 0 Å². The summed E-state index contributed by atoms with van der Waals surface area (Å²) in [6, 6.07) is 4.56. The first-order chi connectivity index (χ1) is 5.63. The van der Waals surface area contributed by atoms with Gasteiger partial charge in [0.05, 0.1) is 0 Å². The van der Waals surface area contributed by atoms with Gasteiger partial charge in [-0.1, -0.05) is 12.1 Å². The molecule has 2 nitrogen and oxygen atoms in total. The van der Waals surface area contributed by atoms with Gasteiger partial charge in [0.15, 0.2) is 11.6 Å². The molecule has 0 spiro atoms. The molecule has 1 fully saturated rings. The molecule has 2 rings (SSSR count). The van der Waals surface area contributed by atoms with Crippen molar-refractivity contribution in [1.82, 2.24) is 0 Å². The summed E-state index contributed by atoms with van der Waals surface area (Å²) in [5, 5.41) is 9.06. The van der Waals surface area contributed by atoms with Crippen molar-refractivity contribution in [3.63, 3.8) is 0 Å². The van der Waals surface area contributed by atoms with Crippen LogP contribution in [0.1, 0.15) is 18.4 Å². The predicted octanol–water partition coefficient (Wildman–Crippen LogP) is 1.48. The van der Waals surface area contributed by atoms with Gasteiger partial charge >= 0.3 is 0 Å². The van der Waals surface area contributed by atoms with E-state index in [1.807, 2.05) is 0 Å². The second-order valence-electron chi connectivity index (χ2n) is 3.29. The van der Waals surface area contributed by atoms with Crippen LogP contribution in [0.5, 0.6) is 5.75 Å². The summed E-state index contributed by atoms with van der Waals surface area (Å²) in [6.07, 6.45) is 1.60. The zero-order valence-electron chi connectivity index (χ0n) is 6.55. The van der Waals surface area contributed by atoms with Gasteiger partial charge in [-0.05, 0) is 18.9 Å². The SMILES string of the molecule is NC1(c2cccc(O)c2F)CC1. The minimum atomic E-state index is -0.572. The van der Waals surface area contributed by atoms with E-state index in [2.05, 4.69) is 0 Å². The molecule has 0 amide bonds. The summed E-state index contributed by atoms with van der Waals surface area (Å²) in [5.74, 6) is -0.887. The van der Waals surface area contributed by atoms with Gasteiger partial charge in [0, 0.05) is 11.1 Å². The van der Waals surface area contributed by atoms with E-state index in [4.69, 9.17) is 10.8 Å². The fourth-order valence-corrected chi connectivity index (χ4v) is 1.31. The molecule has 1 aromatic carbocycles. The Bertz CT molecular complexity index is 320. The normalized spacial score (nSPS) is 19.2. The van der Waals surface area contributed by atoms with E-state index in [0.29, 0.717) is 5.56 Å². The van der Waals surface area contributed by atoms with Crippen molar-refractivity contribution in [2.24, 2.45) is 5.73 Å². The molecule has 1 aliphatic carbocycles. The van der Waals surface area contributed by atoms with Crippen LogP contribution in [0, 0.1) is 5.82 Å². The van der Waals surface area contributed by atoms with Gasteiger partial charge in [-0.25, -0.2) is 4.39 Å². The standard InChI is InChI=1S/C9H10FNO/c10-8-6(9(11)4-5-9)2-1-3-7(8)12/h1-3,12H,4-5,11H2. The second-order valence-corrected chi connectivity index (χ2v) is 3.29. The Balaban J connectivity index is 2.51. The Morgan fingerprint density at radius 2 is 2.08 bits per heavy atom. The summed E-state index contributed by atoms with van der Waals surface area (Å²) in [6.45, 7) is 0. The summed E-state index contributed by atoms with van der Waals surface area (Å²) < 4.78 is 13.2. The molecular weight excluding hydrogens is 157 g/mol. The minimum absolute atomic E-state index is 0.316. The Labute approximate surface area is 69.8 Å². The van der Waals surface area contributed by atoms with Crippen molar-refractivity contribution in [2.75, 3.05) is 0 Å². The van der Waals surface area contributed by atoms with Crippen LogP contribution >= 0.6 is 0 Å². The fraction of sp³-hybridized carbons (Fsp3) is 0.333. The van der Waals surface area contributed by atoms with Crippen LogP contribution in [0.15, 0.2) is 18.2 Å². The maximum absolute atomic E-state index is 13.2. The maximum atomic E-state index is 13.2. The van der Waals surface area contributed by atoms with E-state index >= 15 is 0 Å². The molecule has 1 aliphatic rings. The summed E-state index contributed by atoms with van der Waals surface area (Å²) in [4.78, 5) is 0. The van der Waals surface area contributed by atoms with Crippen molar-refractivity contribution in [3.05, 3.63) is 29.6 Å². The average molecular weight is 167 g/mol. The topological polar surface area (TPSA) is 46.2 Å². The van der Waals surface area contributed by atoms with Crippen LogP contribution in [-0.2, 0) is 5.54 Å². The highest BCUT2D eigenvalue weighted by atomic mass is 19.1. The maximum Gasteiger partial charge on any atom is 0.169 e. The Kier molecular flexibility index (Phi) is 1.38. The number of aromatic hydroxyl groups is 1. The van der Waals surface area contributed by atoms with Crippen LogP contribution in [0.25, 0.3) is 0 Å². The summed E-state index contributed by atoms with van der Waals surface area (Å²) in [5.41, 5.74) is 5.71. The molecule has 1 aromatic rings. The lowest BCUT2D eigenvalue weighted by atomic mass is 10.1. The number of hydrogen-bond donors (Lipinski definition) is 2. The molecule has 0 saturated heterocycles. The molecule has 0 atom stereocenters. The first-order valence-electron chi connectivity index (χ1n) is 3.90. The van der Waals surface area contributed by atoms with Gasteiger partial charge in [-0.3, -0.25) is 0 Å². The quantitative estimate of drug-likeness (QED) is 0.665. The van der Waals surface area contributed by atoms with Crippen LogP contribution in [0.2, 0.25) is 0 Å². The zero-order valence-corrected chi connectivity index (χ0v) is 6.55. The van der Waals surface area contributed by atoms with Crippen LogP contribution in [0.3, 0.4) is 0 Å². The molecule has 3 heteroatoms. The highest BCUT2D eigenvalue weighted by molar-refractivity contribution is 5.37. The van der Waals surface area contributed by atoms with Crippen LogP contribution in [0.4, 0.5) is 4.39 Å². The number of phenols is 1. The van der Waals surface area contributed by atoms with Crippen molar-refractivity contribution in [3.8, 4) is 5.75 Å². The molecule has 1 saturated carbocycles. The third-order valence-corrected chi connectivity index (χ3v) is 2.30. The zero-order chi connectivity index (χ0) is 8.77. The number of phenolic OH excluding ortho intramolecular Hbond substituents is 1. The molecular formula is C9H10FNO. The largest absolute Gasteiger partial charge is 0.505 e. The van der Waals surface area contributed by atoms with E-state index in [0.717, 1.165) is 12.8 Å². The lowest BCUT2D eigenvalue weighted by Gasteiger charge is -2.10. The monoisotopic (exact) mass is 167 g/mol. The van der Waals surface area contributed by atoms with Crippen molar-refractivity contribution in [2.45, 2.75) is 18.4 Å². The highest BCUT2D eigenvalue weighted by Gasteiger charge is 2.42. The smallest absolute Gasteiger partial charge is 0.169 e. The van der Waals surface area contributed by atoms with E-state index in [9.17, 15) is 4.39 Å². The van der Waals surface area contributed by atoms with Gasteiger partial charge in [0.1, 0.15) is 0 Å². The first-order valence-corrected chi connectivity index (χ1v) is 3.90. The number of hydrogen-bond acceptors (Lipinski definition) is 2. The lowest BCUT2D eigenvalue weighted by molar-refractivity contribution is 0.424.